The lowest BCUT2D eigenvalue weighted by Gasteiger charge is -2.45. The minimum atomic E-state index is -3.93. The Hall–Kier alpha value is -4.50. The van der Waals surface area contributed by atoms with Gasteiger partial charge in [0.1, 0.15) is 22.6 Å². The second kappa shape index (κ2) is 16.1. The van der Waals surface area contributed by atoms with E-state index in [1.165, 1.54) is 54.0 Å². The van der Waals surface area contributed by atoms with Gasteiger partial charge in [-0.2, -0.15) is 4.98 Å². The van der Waals surface area contributed by atoms with Crippen LogP contribution in [-0.2, 0) is 19.5 Å². The van der Waals surface area contributed by atoms with Gasteiger partial charge < -0.3 is 18.6 Å². The fraction of sp³-hybridized carbons (Fsp3) is 0.487. The van der Waals surface area contributed by atoms with Crippen molar-refractivity contribution in [3.05, 3.63) is 78.0 Å². The Labute approximate surface area is 317 Å². The molecule has 0 spiro atoms. The number of nitrogens with zero attached hydrogens (tertiary/aromatic N) is 4. The maximum absolute atomic E-state index is 16.6. The zero-order chi connectivity index (χ0) is 42.1. The van der Waals surface area contributed by atoms with Gasteiger partial charge in [-0.05, 0) is 108 Å². The molecule has 0 saturated heterocycles. The van der Waals surface area contributed by atoms with Crippen LogP contribution in [0.15, 0.2) is 60.8 Å². The summed E-state index contributed by atoms with van der Waals surface area (Å²) in [4.78, 5) is 31.1. The van der Waals surface area contributed by atoms with Crippen LogP contribution in [-0.4, -0.2) is 58.8 Å². The Balaban J connectivity index is 1.68. The number of carbonyl (C=O) groups excluding carboxylic acids is 2. The second-order valence-corrected chi connectivity index (χ2v) is 19.7. The smallest absolute Gasteiger partial charge is 0.427 e. The molecule has 2 amide bonds. The van der Waals surface area contributed by atoms with E-state index in [1.807, 2.05) is 20.8 Å². The van der Waals surface area contributed by atoms with Crippen molar-refractivity contribution in [3.63, 3.8) is 0 Å². The predicted molar refractivity (Wildman–Crippen MR) is 200 cm³/mol. The fourth-order valence-electron chi connectivity index (χ4n) is 5.68. The molecule has 4 aromatic rings. The lowest BCUT2D eigenvalue weighted by molar-refractivity contribution is -0.175. The summed E-state index contributed by atoms with van der Waals surface area (Å²) < 4.78 is 104. The largest absolute Gasteiger partial charge is 0.490 e. The molecule has 2 heterocycles. The third kappa shape index (κ3) is 9.59. The number of halogens is 4. The van der Waals surface area contributed by atoms with Gasteiger partial charge in [0.15, 0.2) is 25.5 Å². The molecule has 0 bridgehead atoms. The minimum absolute atomic E-state index is 0.0348. The van der Waals surface area contributed by atoms with E-state index >= 15 is 13.2 Å². The van der Waals surface area contributed by atoms with Gasteiger partial charge in [0.25, 0.3) is 11.9 Å². The normalized spacial score (nSPS) is 14.6. The number of imide groups is 1. The molecule has 10 nitrogen and oxygen atoms in total. The van der Waals surface area contributed by atoms with Crippen molar-refractivity contribution >= 4 is 32.1 Å². The zero-order valence-electron chi connectivity index (χ0n) is 34.4. The summed E-state index contributed by atoms with van der Waals surface area (Å²) in [5.41, 5.74) is -4.21. The number of rotatable bonds is 13. The van der Waals surface area contributed by atoms with Crippen LogP contribution in [0.5, 0.6) is 5.75 Å². The molecule has 0 radical (unpaired) electrons. The van der Waals surface area contributed by atoms with E-state index in [0.29, 0.717) is 23.0 Å². The number of benzene rings is 2. The van der Waals surface area contributed by atoms with Crippen LogP contribution in [0, 0.1) is 11.6 Å². The molecule has 2 aromatic carbocycles. The summed E-state index contributed by atoms with van der Waals surface area (Å²) in [7, 11) is -2.77. The van der Waals surface area contributed by atoms with Gasteiger partial charge in [0.05, 0.1) is 9.30 Å². The summed E-state index contributed by atoms with van der Waals surface area (Å²) in [6.07, 6.45) is -2.32. The van der Waals surface area contributed by atoms with Gasteiger partial charge in [-0.1, -0.05) is 45.0 Å². The molecule has 0 aliphatic carbocycles. The van der Waals surface area contributed by atoms with Crippen LogP contribution in [0.25, 0.3) is 16.8 Å². The quantitative estimate of drug-likeness (QED) is 0.0976. The summed E-state index contributed by atoms with van der Waals surface area (Å²) in [6, 6.07) is 12.7. The van der Waals surface area contributed by atoms with Crippen molar-refractivity contribution in [3.8, 4) is 16.9 Å². The molecular formula is C39H50F4N4O6Si. The Bertz CT molecular complexity index is 2000. The van der Waals surface area contributed by atoms with E-state index in [2.05, 4.69) is 10.1 Å². The van der Waals surface area contributed by atoms with Crippen LogP contribution in [0.4, 0.5) is 33.1 Å². The first-order chi connectivity index (χ1) is 25.8. The van der Waals surface area contributed by atoms with Gasteiger partial charge in [0.2, 0.25) is 0 Å². The Morgan fingerprint density at radius 1 is 0.870 bits per heavy atom. The summed E-state index contributed by atoms with van der Waals surface area (Å²) in [6.45, 7) is 13.3. The van der Waals surface area contributed by atoms with Crippen molar-refractivity contribution in [2.75, 3.05) is 11.5 Å². The summed E-state index contributed by atoms with van der Waals surface area (Å²) >= 11 is 0. The van der Waals surface area contributed by atoms with Gasteiger partial charge >= 0.3 is 12.2 Å². The van der Waals surface area contributed by atoms with E-state index in [-0.39, 0.29) is 28.3 Å². The minimum Gasteiger partial charge on any atom is -0.490 e. The lowest BCUT2D eigenvalue weighted by atomic mass is 9.87. The molecule has 0 fully saturated rings. The molecular weight excluding hydrogens is 725 g/mol. The van der Waals surface area contributed by atoms with Crippen LogP contribution >= 0.6 is 0 Å². The molecule has 1 atom stereocenters. The number of fused-ring (bicyclic) bond motifs is 1. The molecule has 294 valence electrons. The zero-order valence-corrected chi connectivity index (χ0v) is 33.4. The molecule has 0 saturated carbocycles. The summed E-state index contributed by atoms with van der Waals surface area (Å²) in [5.74, 6) is -6.64. The van der Waals surface area contributed by atoms with Gasteiger partial charge in [0, 0.05) is 18.2 Å². The molecule has 54 heavy (non-hydrogen) atoms. The molecule has 15 heteroatoms. The third-order valence-corrected chi connectivity index (χ3v) is 13.6. The van der Waals surface area contributed by atoms with Crippen molar-refractivity contribution in [2.45, 2.75) is 117 Å². The number of hydrogen-bond donors (Lipinski definition) is 0. The molecule has 0 N–H and O–H groups in total. The van der Waals surface area contributed by atoms with E-state index in [9.17, 15) is 14.0 Å². The molecule has 0 aliphatic heterocycles. The number of amides is 2. The average Bonchev–Trinajstić information content (AvgIpc) is 3.48. The number of hydrogen-bond acceptors (Lipinski definition) is 8. The molecule has 0 aliphatic rings. The molecule has 4 rings (SSSR count). The third-order valence-electron chi connectivity index (χ3n) is 8.88. The monoisotopic (exact) mass is 776 g/mol. The van der Waals surface area contributed by atoms with E-state index in [4.69, 9.17) is 21.4 Å². The predicted octanol–water partition coefficient (Wildman–Crippen LogP) is 10.7. The van der Waals surface area contributed by atoms with E-state index in [1.54, 1.807) is 41.5 Å². The Morgan fingerprint density at radius 2 is 1.44 bits per heavy atom. The van der Waals surface area contributed by atoms with Crippen molar-refractivity contribution in [2.24, 2.45) is 0 Å². The van der Waals surface area contributed by atoms with Gasteiger partial charge in [-0.25, -0.2) is 31.7 Å². The SMILES string of the molecule is [2H]C([2H])(CC(F)(F)C(C)(O[Si](CC)(CC)CC)c1ccc(F)cc1)Oc1cccc(-c2ccn3nc(N(C(=O)OC(C)(C)C)C(=O)OC(C)(C)C)nc3c2)c1F. The summed E-state index contributed by atoms with van der Waals surface area (Å²) in [5, 5.41) is 4.22. The van der Waals surface area contributed by atoms with Crippen molar-refractivity contribution in [1.29, 1.82) is 0 Å². The standard InChI is InChI=1S/C39H50F4N4O6Si/c1-11-54(12-2,13-3)53-38(10,27-17-19-28(40)20-18-27)39(42,43)22-24-50-30-16-14-15-29(32(30)41)26-21-23-46-31(25-26)44-33(45-46)47(34(48)51-36(4,5)6)35(49)52-37(7,8)9/h14-21,23,25H,11-13,22,24H2,1-10H3/i24D2. The van der Waals surface area contributed by atoms with Crippen molar-refractivity contribution in [1.82, 2.24) is 14.6 Å². The maximum Gasteiger partial charge on any atom is 0.427 e. The van der Waals surface area contributed by atoms with Crippen molar-refractivity contribution < 1.29 is 48.5 Å². The highest BCUT2D eigenvalue weighted by atomic mass is 28.4. The first-order valence-corrected chi connectivity index (χ1v) is 20.3. The van der Waals surface area contributed by atoms with Gasteiger partial charge in [-0.15, -0.1) is 10.00 Å². The number of anilines is 1. The highest BCUT2D eigenvalue weighted by molar-refractivity contribution is 6.73. The topological polar surface area (TPSA) is 104 Å². The number of pyridine rings is 1. The number of carbonyl (C=O) groups is 2. The molecule has 1 unspecified atom stereocenters. The average molecular weight is 777 g/mol. The number of aromatic nitrogens is 3. The first-order valence-electron chi connectivity index (χ1n) is 18.7. The van der Waals surface area contributed by atoms with E-state index in [0.717, 1.165) is 18.2 Å². The fourth-order valence-corrected chi connectivity index (χ4v) is 8.75. The Kier molecular flexibility index (Phi) is 11.7. The maximum atomic E-state index is 16.6. The van der Waals surface area contributed by atoms with E-state index < -0.39 is 73.6 Å². The Morgan fingerprint density at radius 3 is 1.98 bits per heavy atom. The van der Waals surface area contributed by atoms with Gasteiger partial charge in [-0.3, -0.25) is 0 Å². The lowest BCUT2D eigenvalue weighted by Crippen LogP contribution is -2.53. The highest BCUT2D eigenvalue weighted by Gasteiger charge is 2.55. The van der Waals surface area contributed by atoms with Crippen LogP contribution in [0.1, 0.15) is 84.0 Å². The number of ether oxygens (including phenoxy) is 3. The van der Waals surface area contributed by atoms with Crippen LogP contribution < -0.4 is 9.64 Å². The first kappa shape index (κ1) is 39.2. The molecule has 2 aromatic heterocycles. The number of alkyl halides is 2. The second-order valence-electron chi connectivity index (χ2n) is 15.1. The van der Waals surface area contributed by atoms with Crippen LogP contribution in [0.2, 0.25) is 18.1 Å². The highest BCUT2D eigenvalue weighted by Crippen LogP contribution is 2.47. The van der Waals surface area contributed by atoms with Crippen LogP contribution in [0.3, 0.4) is 0 Å².